The summed E-state index contributed by atoms with van der Waals surface area (Å²) in [5.41, 5.74) is 0.432. The standard InChI is InChI=1S/C11H12Cl2N2O/c12-6-9-2-1-5-15(9)11(16)10-4-3-8(13)7-14-10/h3-4,7,9H,1-2,5-6H2. The van der Waals surface area contributed by atoms with E-state index in [4.69, 9.17) is 23.2 Å². The van der Waals surface area contributed by atoms with Crippen molar-refractivity contribution in [1.82, 2.24) is 9.88 Å². The normalized spacial score (nSPS) is 20.1. The molecular formula is C11H12Cl2N2O. The van der Waals surface area contributed by atoms with Crippen molar-refractivity contribution in [1.29, 1.82) is 0 Å². The fourth-order valence-corrected chi connectivity index (χ4v) is 2.35. The summed E-state index contributed by atoms with van der Waals surface area (Å²) in [6.07, 6.45) is 3.47. The average Bonchev–Trinajstić information content (AvgIpc) is 2.77. The molecule has 5 heteroatoms. The molecule has 1 unspecified atom stereocenters. The molecular weight excluding hydrogens is 247 g/mol. The monoisotopic (exact) mass is 258 g/mol. The Hall–Kier alpha value is -0.800. The third-order valence-electron chi connectivity index (χ3n) is 2.76. The molecule has 0 radical (unpaired) electrons. The van der Waals surface area contributed by atoms with Gasteiger partial charge < -0.3 is 4.90 Å². The van der Waals surface area contributed by atoms with Gasteiger partial charge in [-0.05, 0) is 25.0 Å². The van der Waals surface area contributed by atoms with Gasteiger partial charge in [0.05, 0.1) is 5.02 Å². The molecule has 2 heterocycles. The van der Waals surface area contributed by atoms with Gasteiger partial charge >= 0.3 is 0 Å². The first-order chi connectivity index (χ1) is 7.72. The highest BCUT2D eigenvalue weighted by atomic mass is 35.5. The summed E-state index contributed by atoms with van der Waals surface area (Å²) in [4.78, 5) is 17.9. The minimum absolute atomic E-state index is 0.0557. The molecule has 0 aromatic carbocycles. The van der Waals surface area contributed by atoms with Crippen LogP contribution in [0.4, 0.5) is 0 Å². The van der Waals surface area contributed by atoms with Gasteiger partial charge in [-0.15, -0.1) is 11.6 Å². The fraction of sp³-hybridized carbons (Fsp3) is 0.455. The van der Waals surface area contributed by atoms with E-state index in [9.17, 15) is 4.79 Å². The second kappa shape index (κ2) is 5.02. The third kappa shape index (κ3) is 2.30. The second-order valence-corrected chi connectivity index (χ2v) is 4.56. The number of carbonyl (C=O) groups excluding carboxylic acids is 1. The lowest BCUT2D eigenvalue weighted by atomic mass is 10.2. The Bertz CT molecular complexity index is 380. The van der Waals surface area contributed by atoms with Gasteiger partial charge in [0, 0.05) is 24.7 Å². The maximum absolute atomic E-state index is 12.1. The average molecular weight is 259 g/mol. The molecule has 1 aliphatic heterocycles. The summed E-state index contributed by atoms with van der Waals surface area (Å²) >= 11 is 11.5. The number of aromatic nitrogens is 1. The highest BCUT2D eigenvalue weighted by Gasteiger charge is 2.29. The van der Waals surface area contributed by atoms with Crippen molar-refractivity contribution >= 4 is 29.1 Å². The Labute approximate surface area is 104 Å². The van der Waals surface area contributed by atoms with Gasteiger partial charge in [0.1, 0.15) is 5.69 Å². The molecule has 1 aromatic heterocycles. The van der Waals surface area contributed by atoms with Gasteiger partial charge in [0.2, 0.25) is 0 Å². The smallest absolute Gasteiger partial charge is 0.272 e. The molecule has 1 aliphatic rings. The predicted octanol–water partition coefficient (Wildman–Crippen LogP) is 2.58. The predicted molar refractivity (Wildman–Crippen MR) is 64.0 cm³/mol. The maximum Gasteiger partial charge on any atom is 0.272 e. The number of pyridine rings is 1. The number of hydrogen-bond acceptors (Lipinski definition) is 2. The lowest BCUT2D eigenvalue weighted by molar-refractivity contribution is 0.0743. The van der Waals surface area contributed by atoms with E-state index in [0.29, 0.717) is 16.6 Å². The lowest BCUT2D eigenvalue weighted by Gasteiger charge is -2.22. The molecule has 2 rings (SSSR count). The van der Waals surface area contributed by atoms with E-state index < -0.39 is 0 Å². The molecule has 1 saturated heterocycles. The lowest BCUT2D eigenvalue weighted by Crippen LogP contribution is -2.36. The van der Waals surface area contributed by atoms with Crippen LogP contribution in [-0.2, 0) is 0 Å². The summed E-state index contributed by atoms with van der Waals surface area (Å²) in [5.74, 6) is 0.430. The van der Waals surface area contributed by atoms with Crippen molar-refractivity contribution in [3.63, 3.8) is 0 Å². The molecule has 1 aromatic rings. The third-order valence-corrected chi connectivity index (χ3v) is 3.34. The zero-order valence-electron chi connectivity index (χ0n) is 8.70. The Morgan fingerprint density at radius 1 is 1.56 bits per heavy atom. The fourth-order valence-electron chi connectivity index (χ4n) is 1.91. The summed E-state index contributed by atoms with van der Waals surface area (Å²) < 4.78 is 0. The van der Waals surface area contributed by atoms with Gasteiger partial charge in [0.25, 0.3) is 5.91 Å². The van der Waals surface area contributed by atoms with Crippen molar-refractivity contribution in [2.45, 2.75) is 18.9 Å². The van der Waals surface area contributed by atoms with E-state index in [0.717, 1.165) is 19.4 Å². The quantitative estimate of drug-likeness (QED) is 0.765. The number of likely N-dealkylation sites (tertiary alicyclic amines) is 1. The van der Waals surface area contributed by atoms with Crippen molar-refractivity contribution in [3.8, 4) is 0 Å². The van der Waals surface area contributed by atoms with Crippen LogP contribution in [0.3, 0.4) is 0 Å². The Kier molecular flexibility index (Phi) is 3.66. The number of nitrogens with zero attached hydrogens (tertiary/aromatic N) is 2. The molecule has 0 N–H and O–H groups in total. The van der Waals surface area contributed by atoms with E-state index in [-0.39, 0.29) is 11.9 Å². The number of halogens is 2. The van der Waals surface area contributed by atoms with E-state index in [2.05, 4.69) is 4.98 Å². The SMILES string of the molecule is O=C(c1ccc(Cl)cn1)N1CCCC1CCl. The Morgan fingerprint density at radius 3 is 3.00 bits per heavy atom. The van der Waals surface area contributed by atoms with Crippen molar-refractivity contribution in [2.75, 3.05) is 12.4 Å². The number of hydrogen-bond donors (Lipinski definition) is 0. The van der Waals surface area contributed by atoms with Crippen LogP contribution in [0.15, 0.2) is 18.3 Å². The summed E-state index contributed by atoms with van der Waals surface area (Å²) in [7, 11) is 0. The first-order valence-corrected chi connectivity index (χ1v) is 6.12. The number of alkyl halides is 1. The van der Waals surface area contributed by atoms with Gasteiger partial charge in [-0.25, -0.2) is 4.98 Å². The molecule has 0 bridgehead atoms. The van der Waals surface area contributed by atoms with E-state index in [1.807, 2.05) is 0 Å². The molecule has 1 amide bonds. The van der Waals surface area contributed by atoms with Crippen LogP contribution in [0.5, 0.6) is 0 Å². The largest absolute Gasteiger partial charge is 0.333 e. The van der Waals surface area contributed by atoms with Gasteiger partial charge in [-0.3, -0.25) is 4.79 Å². The van der Waals surface area contributed by atoms with Gasteiger partial charge in [0.15, 0.2) is 0 Å². The first-order valence-electron chi connectivity index (χ1n) is 5.21. The molecule has 1 fully saturated rings. The van der Waals surface area contributed by atoms with Crippen LogP contribution in [0.2, 0.25) is 5.02 Å². The topological polar surface area (TPSA) is 33.2 Å². The van der Waals surface area contributed by atoms with Crippen LogP contribution < -0.4 is 0 Å². The molecule has 1 atom stereocenters. The highest BCUT2D eigenvalue weighted by molar-refractivity contribution is 6.30. The number of amides is 1. The minimum Gasteiger partial charge on any atom is -0.333 e. The van der Waals surface area contributed by atoms with E-state index >= 15 is 0 Å². The number of rotatable bonds is 2. The van der Waals surface area contributed by atoms with E-state index in [1.54, 1.807) is 17.0 Å². The van der Waals surface area contributed by atoms with Crippen molar-refractivity contribution in [3.05, 3.63) is 29.0 Å². The van der Waals surface area contributed by atoms with E-state index in [1.165, 1.54) is 6.20 Å². The summed E-state index contributed by atoms with van der Waals surface area (Å²) in [6, 6.07) is 3.47. The van der Waals surface area contributed by atoms with Crippen LogP contribution >= 0.6 is 23.2 Å². The van der Waals surface area contributed by atoms with Crippen molar-refractivity contribution < 1.29 is 4.79 Å². The number of carbonyl (C=O) groups is 1. The maximum atomic E-state index is 12.1. The molecule has 3 nitrogen and oxygen atoms in total. The molecule has 0 saturated carbocycles. The minimum atomic E-state index is -0.0557. The van der Waals surface area contributed by atoms with Gasteiger partial charge in [-0.1, -0.05) is 11.6 Å². The molecule has 0 aliphatic carbocycles. The van der Waals surface area contributed by atoms with Crippen LogP contribution in [-0.4, -0.2) is 34.3 Å². The van der Waals surface area contributed by atoms with Crippen molar-refractivity contribution in [2.24, 2.45) is 0 Å². The zero-order chi connectivity index (χ0) is 11.5. The summed E-state index contributed by atoms with van der Waals surface area (Å²) in [5, 5.41) is 0.534. The zero-order valence-corrected chi connectivity index (χ0v) is 10.2. The summed E-state index contributed by atoms with van der Waals surface area (Å²) in [6.45, 7) is 0.764. The molecule has 16 heavy (non-hydrogen) atoms. The second-order valence-electron chi connectivity index (χ2n) is 3.81. The molecule has 86 valence electrons. The molecule has 0 spiro atoms. The first kappa shape index (κ1) is 11.7. The van der Waals surface area contributed by atoms with Crippen LogP contribution in [0.25, 0.3) is 0 Å². The Morgan fingerprint density at radius 2 is 2.38 bits per heavy atom. The highest BCUT2D eigenvalue weighted by Crippen LogP contribution is 2.20. The Balaban J connectivity index is 2.15. The van der Waals surface area contributed by atoms with Crippen LogP contribution in [0, 0.1) is 0 Å². The van der Waals surface area contributed by atoms with Crippen LogP contribution in [0.1, 0.15) is 23.3 Å². The van der Waals surface area contributed by atoms with Gasteiger partial charge in [-0.2, -0.15) is 0 Å².